The van der Waals surface area contributed by atoms with Crippen LogP contribution in [0.15, 0.2) is 30.3 Å². The molecule has 0 saturated heterocycles. The molecule has 2 N–H and O–H groups in total. The van der Waals surface area contributed by atoms with Gasteiger partial charge in [-0.2, -0.15) is 0 Å². The zero-order valence-electron chi connectivity index (χ0n) is 10.7. The van der Waals surface area contributed by atoms with Crippen LogP contribution in [0, 0.1) is 25.5 Å². The Morgan fingerprint density at radius 2 is 1.68 bits per heavy atom. The Balaban J connectivity index is 2.46. The summed E-state index contributed by atoms with van der Waals surface area (Å²) < 4.78 is 26.2. The second-order valence-corrected chi connectivity index (χ2v) is 5.02. The second kappa shape index (κ2) is 5.27. The van der Waals surface area contributed by atoms with E-state index in [1.54, 1.807) is 0 Å². The molecule has 1 unspecified atom stereocenters. The van der Waals surface area contributed by atoms with Crippen molar-refractivity contribution in [1.82, 2.24) is 0 Å². The van der Waals surface area contributed by atoms with Crippen LogP contribution in [0.3, 0.4) is 0 Å². The Kier molecular flexibility index (Phi) is 3.88. The Morgan fingerprint density at radius 3 is 2.32 bits per heavy atom. The van der Waals surface area contributed by atoms with E-state index < -0.39 is 17.7 Å². The molecule has 0 aromatic heterocycles. The smallest absolute Gasteiger partial charge is 0.159 e. The van der Waals surface area contributed by atoms with Gasteiger partial charge in [-0.25, -0.2) is 8.78 Å². The lowest BCUT2D eigenvalue weighted by molar-refractivity contribution is 0.506. The molecule has 0 aliphatic rings. The maximum Gasteiger partial charge on any atom is 0.159 e. The van der Waals surface area contributed by atoms with Crippen LogP contribution >= 0.6 is 11.6 Å². The molecule has 1 atom stereocenters. The van der Waals surface area contributed by atoms with E-state index in [2.05, 4.69) is 0 Å². The maximum atomic E-state index is 13.2. The molecule has 0 bridgehead atoms. The summed E-state index contributed by atoms with van der Waals surface area (Å²) in [4.78, 5) is 0. The molecule has 0 radical (unpaired) electrons. The largest absolute Gasteiger partial charge is 0.320 e. The molecule has 2 rings (SSSR count). The fourth-order valence-corrected chi connectivity index (χ4v) is 2.24. The minimum absolute atomic E-state index is 0.508. The number of nitrogens with two attached hydrogens (primary N) is 1. The number of halogens is 3. The second-order valence-electron chi connectivity index (χ2n) is 4.61. The van der Waals surface area contributed by atoms with Crippen LogP contribution in [0.1, 0.15) is 28.3 Å². The molecule has 100 valence electrons. The number of hydrogen-bond acceptors (Lipinski definition) is 1. The molecule has 19 heavy (non-hydrogen) atoms. The van der Waals surface area contributed by atoms with Crippen molar-refractivity contribution in [3.05, 3.63) is 69.2 Å². The quantitative estimate of drug-likeness (QED) is 0.873. The van der Waals surface area contributed by atoms with Gasteiger partial charge in [-0.1, -0.05) is 23.7 Å². The van der Waals surface area contributed by atoms with Gasteiger partial charge >= 0.3 is 0 Å². The van der Waals surface area contributed by atoms with Crippen LogP contribution in [0.2, 0.25) is 5.02 Å². The first-order valence-corrected chi connectivity index (χ1v) is 6.25. The summed E-state index contributed by atoms with van der Waals surface area (Å²) in [6, 6.07) is 6.90. The highest BCUT2D eigenvalue weighted by Crippen LogP contribution is 2.28. The van der Waals surface area contributed by atoms with E-state index in [1.807, 2.05) is 26.0 Å². The first-order chi connectivity index (χ1) is 8.90. The Hall–Kier alpha value is -1.45. The normalized spacial score (nSPS) is 12.5. The van der Waals surface area contributed by atoms with Crippen LogP contribution in [-0.4, -0.2) is 0 Å². The molecule has 2 aromatic carbocycles. The average molecular weight is 282 g/mol. The highest BCUT2D eigenvalue weighted by Gasteiger charge is 2.15. The summed E-state index contributed by atoms with van der Waals surface area (Å²) in [6.45, 7) is 3.77. The molecule has 2 aromatic rings. The molecule has 0 fully saturated rings. The van der Waals surface area contributed by atoms with Gasteiger partial charge in [0.05, 0.1) is 6.04 Å². The van der Waals surface area contributed by atoms with E-state index in [4.69, 9.17) is 17.3 Å². The highest BCUT2D eigenvalue weighted by atomic mass is 35.5. The van der Waals surface area contributed by atoms with Gasteiger partial charge in [0, 0.05) is 5.02 Å². The third-order valence-electron chi connectivity index (χ3n) is 3.19. The molecular formula is C15H14ClF2N. The van der Waals surface area contributed by atoms with Crippen molar-refractivity contribution in [3.63, 3.8) is 0 Å². The fourth-order valence-electron chi connectivity index (χ4n) is 2.02. The van der Waals surface area contributed by atoms with Crippen molar-refractivity contribution >= 4 is 11.6 Å². The van der Waals surface area contributed by atoms with Crippen molar-refractivity contribution in [2.75, 3.05) is 0 Å². The van der Waals surface area contributed by atoms with Gasteiger partial charge < -0.3 is 5.73 Å². The molecule has 0 spiro atoms. The Morgan fingerprint density at radius 1 is 1.00 bits per heavy atom. The maximum absolute atomic E-state index is 13.2. The number of aryl methyl sites for hydroxylation is 2. The van der Waals surface area contributed by atoms with Crippen LogP contribution in [-0.2, 0) is 0 Å². The van der Waals surface area contributed by atoms with Crippen LogP contribution in [0.5, 0.6) is 0 Å². The summed E-state index contributed by atoms with van der Waals surface area (Å²) in [5.41, 5.74) is 9.34. The molecule has 0 aliphatic heterocycles. The third kappa shape index (κ3) is 2.77. The number of rotatable bonds is 2. The van der Waals surface area contributed by atoms with Crippen LogP contribution in [0.4, 0.5) is 8.78 Å². The van der Waals surface area contributed by atoms with Crippen molar-refractivity contribution < 1.29 is 8.78 Å². The number of hydrogen-bond donors (Lipinski definition) is 1. The van der Waals surface area contributed by atoms with Crippen molar-refractivity contribution in [3.8, 4) is 0 Å². The monoisotopic (exact) mass is 281 g/mol. The lowest BCUT2D eigenvalue weighted by Crippen LogP contribution is -2.14. The van der Waals surface area contributed by atoms with Gasteiger partial charge in [0.1, 0.15) is 0 Å². The van der Waals surface area contributed by atoms with E-state index in [-0.39, 0.29) is 0 Å². The summed E-state index contributed by atoms with van der Waals surface area (Å²) in [5, 5.41) is 0.665. The molecule has 0 saturated carbocycles. The van der Waals surface area contributed by atoms with E-state index in [0.29, 0.717) is 10.6 Å². The molecular weight excluding hydrogens is 268 g/mol. The Bertz CT molecular complexity index is 626. The third-order valence-corrected chi connectivity index (χ3v) is 3.59. The van der Waals surface area contributed by atoms with Crippen molar-refractivity contribution in [2.45, 2.75) is 19.9 Å². The van der Waals surface area contributed by atoms with Gasteiger partial charge in [-0.3, -0.25) is 0 Å². The molecule has 4 heteroatoms. The van der Waals surface area contributed by atoms with Crippen molar-refractivity contribution in [1.29, 1.82) is 0 Å². The average Bonchev–Trinajstić information content (AvgIpc) is 2.36. The van der Waals surface area contributed by atoms with Gasteiger partial charge in [-0.05, 0) is 54.3 Å². The highest BCUT2D eigenvalue weighted by molar-refractivity contribution is 6.31. The SMILES string of the molecule is Cc1cc(C(N)c2ccc(F)c(F)c2)c(C)cc1Cl. The van der Waals surface area contributed by atoms with E-state index in [1.165, 1.54) is 6.07 Å². The summed E-state index contributed by atoms with van der Waals surface area (Å²) in [6.07, 6.45) is 0. The Labute approximate surface area is 116 Å². The zero-order valence-corrected chi connectivity index (χ0v) is 11.4. The minimum atomic E-state index is -0.892. The predicted molar refractivity (Wildman–Crippen MR) is 73.3 cm³/mol. The lowest BCUT2D eigenvalue weighted by atomic mass is 9.94. The van der Waals surface area contributed by atoms with Crippen LogP contribution < -0.4 is 5.73 Å². The van der Waals surface area contributed by atoms with E-state index in [0.717, 1.165) is 28.8 Å². The topological polar surface area (TPSA) is 26.0 Å². The fraction of sp³-hybridized carbons (Fsp3) is 0.200. The van der Waals surface area contributed by atoms with E-state index >= 15 is 0 Å². The summed E-state index contributed by atoms with van der Waals surface area (Å²) in [7, 11) is 0. The zero-order chi connectivity index (χ0) is 14.2. The first-order valence-electron chi connectivity index (χ1n) is 5.87. The standard InChI is InChI=1S/C15H14ClF2N/c1-8-6-12(16)9(2)5-11(8)15(19)10-3-4-13(17)14(18)7-10/h3-7,15H,19H2,1-2H3. The molecule has 0 heterocycles. The summed E-state index contributed by atoms with van der Waals surface area (Å²) in [5.74, 6) is -1.77. The van der Waals surface area contributed by atoms with Gasteiger partial charge in [-0.15, -0.1) is 0 Å². The first kappa shape index (κ1) is 14.0. The van der Waals surface area contributed by atoms with Crippen LogP contribution in [0.25, 0.3) is 0 Å². The van der Waals surface area contributed by atoms with Gasteiger partial charge in [0.2, 0.25) is 0 Å². The molecule has 1 nitrogen and oxygen atoms in total. The van der Waals surface area contributed by atoms with Gasteiger partial charge in [0.25, 0.3) is 0 Å². The van der Waals surface area contributed by atoms with Crippen molar-refractivity contribution in [2.24, 2.45) is 5.73 Å². The van der Waals surface area contributed by atoms with E-state index in [9.17, 15) is 8.78 Å². The molecule has 0 aliphatic carbocycles. The molecule has 0 amide bonds. The lowest BCUT2D eigenvalue weighted by Gasteiger charge is -2.17. The minimum Gasteiger partial charge on any atom is -0.320 e. The number of benzene rings is 2. The predicted octanol–water partition coefficient (Wildman–Crippen LogP) is 4.28. The summed E-state index contributed by atoms with van der Waals surface area (Å²) >= 11 is 6.03. The van der Waals surface area contributed by atoms with Gasteiger partial charge in [0.15, 0.2) is 11.6 Å².